The molecule has 0 saturated heterocycles. The molecule has 0 bridgehead atoms. The Kier molecular flexibility index (Phi) is 3.43. The van der Waals surface area contributed by atoms with Crippen molar-refractivity contribution in [1.29, 1.82) is 0 Å². The van der Waals surface area contributed by atoms with Crippen molar-refractivity contribution in [2.75, 3.05) is 0 Å². The van der Waals surface area contributed by atoms with Crippen molar-refractivity contribution in [2.24, 2.45) is 0 Å². The van der Waals surface area contributed by atoms with E-state index in [4.69, 9.17) is 0 Å². The minimum absolute atomic E-state index is 0.831. The van der Waals surface area contributed by atoms with Crippen LogP contribution < -0.4 is 4.40 Å². The predicted octanol–water partition coefficient (Wildman–Crippen LogP) is 5.18. The Bertz CT molecular complexity index is 1490. The third-order valence-electron chi connectivity index (χ3n) is 5.44. The van der Waals surface area contributed by atoms with Crippen LogP contribution in [0.3, 0.4) is 0 Å². The lowest BCUT2D eigenvalue weighted by Crippen LogP contribution is -2.27. The Labute approximate surface area is 167 Å². The second-order valence-corrected chi connectivity index (χ2v) is 7.12. The highest BCUT2D eigenvalue weighted by Gasteiger charge is 2.23. The topological polar surface area (TPSA) is 45.7 Å². The molecular weight excluding hydrogens is 356 g/mol. The van der Waals surface area contributed by atoms with E-state index in [0.29, 0.717) is 0 Å². The maximum Gasteiger partial charge on any atom is 0.383 e. The number of H-pyrrole nitrogens is 1. The molecule has 0 atom stereocenters. The van der Waals surface area contributed by atoms with Crippen LogP contribution in [0.1, 0.15) is 0 Å². The molecule has 0 aliphatic carbocycles. The first kappa shape index (κ1) is 16.0. The van der Waals surface area contributed by atoms with Crippen molar-refractivity contribution in [3.63, 3.8) is 0 Å². The predicted molar refractivity (Wildman–Crippen MR) is 115 cm³/mol. The summed E-state index contributed by atoms with van der Waals surface area (Å²) < 4.78 is 2.21. The zero-order valence-electron chi connectivity index (χ0n) is 15.6. The first-order valence-corrected chi connectivity index (χ1v) is 9.62. The first-order chi connectivity index (χ1) is 14.4. The molecule has 0 unspecified atom stereocenters. The molecule has 4 heteroatoms. The molecule has 0 radical (unpaired) electrons. The van der Waals surface area contributed by atoms with Gasteiger partial charge in [-0.25, -0.2) is 0 Å². The number of pyridine rings is 2. The number of hydrogen-bond acceptors (Lipinski definition) is 2. The van der Waals surface area contributed by atoms with Crippen molar-refractivity contribution in [3.8, 4) is 22.4 Å². The van der Waals surface area contributed by atoms with Crippen LogP contribution in [0.4, 0.5) is 0 Å². The summed E-state index contributed by atoms with van der Waals surface area (Å²) in [5.74, 6) is 0. The molecule has 0 saturated carbocycles. The lowest BCUT2D eigenvalue weighted by atomic mass is 10.00. The van der Waals surface area contributed by atoms with Gasteiger partial charge in [0.05, 0.1) is 5.10 Å². The van der Waals surface area contributed by atoms with E-state index < -0.39 is 0 Å². The van der Waals surface area contributed by atoms with Gasteiger partial charge in [-0.3, -0.25) is 0 Å². The highest BCUT2D eigenvalue weighted by molar-refractivity contribution is 6.07. The van der Waals surface area contributed by atoms with E-state index in [2.05, 4.69) is 98.7 Å². The molecule has 0 amide bonds. The van der Waals surface area contributed by atoms with Gasteiger partial charge in [0, 0.05) is 16.3 Å². The van der Waals surface area contributed by atoms with Crippen LogP contribution in [-0.2, 0) is 0 Å². The van der Waals surface area contributed by atoms with Gasteiger partial charge >= 0.3 is 5.65 Å². The second kappa shape index (κ2) is 6.24. The quantitative estimate of drug-likeness (QED) is 0.336. The van der Waals surface area contributed by atoms with E-state index in [1.54, 1.807) is 0 Å². The monoisotopic (exact) mass is 373 g/mol. The van der Waals surface area contributed by atoms with Crippen LogP contribution in [0, 0.1) is 0 Å². The van der Waals surface area contributed by atoms with E-state index in [9.17, 15) is 0 Å². The molecule has 3 aromatic heterocycles. The van der Waals surface area contributed by atoms with Crippen molar-refractivity contribution < 1.29 is 4.40 Å². The third kappa shape index (κ3) is 2.43. The van der Waals surface area contributed by atoms with Gasteiger partial charge in [0.2, 0.25) is 0 Å². The van der Waals surface area contributed by atoms with Gasteiger partial charge in [0.25, 0.3) is 0 Å². The average molecular weight is 373 g/mol. The van der Waals surface area contributed by atoms with Crippen molar-refractivity contribution in [2.45, 2.75) is 0 Å². The fraction of sp³-hybridized carbons (Fsp3) is 0. The Morgan fingerprint density at radius 2 is 1.24 bits per heavy atom. The normalized spacial score (nSPS) is 11.4. The smallest absolute Gasteiger partial charge is 0.185 e. The lowest BCUT2D eigenvalue weighted by Gasteiger charge is -2.10. The SMILES string of the molecule is c1ccc(-c2cc(-c3ccccc3)[n+]3c(c2)c2ccccc2c2n[nH]nc23)cc1. The van der Waals surface area contributed by atoms with Crippen molar-refractivity contribution >= 4 is 27.5 Å². The number of nitrogens with one attached hydrogen (secondary N) is 1. The summed E-state index contributed by atoms with van der Waals surface area (Å²) in [6.45, 7) is 0. The number of benzene rings is 3. The molecule has 4 nitrogen and oxygen atoms in total. The zero-order valence-corrected chi connectivity index (χ0v) is 15.6. The Hall–Kier alpha value is -4.05. The number of aromatic amines is 1. The van der Waals surface area contributed by atoms with Crippen LogP contribution in [0.25, 0.3) is 49.8 Å². The van der Waals surface area contributed by atoms with Gasteiger partial charge in [0.15, 0.2) is 5.52 Å². The molecule has 136 valence electrons. The highest BCUT2D eigenvalue weighted by atomic mass is 15.3. The van der Waals surface area contributed by atoms with E-state index in [0.717, 1.165) is 38.7 Å². The third-order valence-corrected chi connectivity index (χ3v) is 5.44. The maximum atomic E-state index is 4.51. The fourth-order valence-corrected chi connectivity index (χ4v) is 4.11. The average Bonchev–Trinajstić information content (AvgIpc) is 3.30. The van der Waals surface area contributed by atoms with Crippen LogP contribution in [0.15, 0.2) is 97.1 Å². The largest absolute Gasteiger partial charge is 0.383 e. The molecule has 0 fully saturated rings. The number of aromatic nitrogens is 4. The zero-order chi connectivity index (χ0) is 19.2. The van der Waals surface area contributed by atoms with Crippen LogP contribution in [-0.4, -0.2) is 15.4 Å². The Morgan fingerprint density at radius 1 is 0.586 bits per heavy atom. The molecule has 6 rings (SSSR count). The number of nitrogens with zero attached hydrogens (tertiary/aromatic N) is 3. The Balaban J connectivity index is 1.86. The summed E-state index contributed by atoms with van der Waals surface area (Å²) in [6, 6.07) is 33.8. The van der Waals surface area contributed by atoms with Gasteiger partial charge in [-0.2, -0.15) is 4.40 Å². The molecule has 3 aromatic carbocycles. The number of rotatable bonds is 2. The Morgan fingerprint density at radius 3 is 2.00 bits per heavy atom. The van der Waals surface area contributed by atoms with Gasteiger partial charge < -0.3 is 0 Å². The molecule has 29 heavy (non-hydrogen) atoms. The summed E-state index contributed by atoms with van der Waals surface area (Å²) in [6.07, 6.45) is 0. The first-order valence-electron chi connectivity index (χ1n) is 9.62. The summed E-state index contributed by atoms with van der Waals surface area (Å²) >= 11 is 0. The second-order valence-electron chi connectivity index (χ2n) is 7.12. The molecular formula is C25H17N4+. The molecule has 0 aliphatic rings. The van der Waals surface area contributed by atoms with E-state index in [1.165, 1.54) is 11.1 Å². The van der Waals surface area contributed by atoms with Crippen molar-refractivity contribution in [3.05, 3.63) is 97.1 Å². The molecule has 0 aliphatic heterocycles. The van der Waals surface area contributed by atoms with Crippen molar-refractivity contribution in [1.82, 2.24) is 15.4 Å². The minimum Gasteiger partial charge on any atom is -0.185 e. The van der Waals surface area contributed by atoms with Gasteiger partial charge in [-0.05, 0) is 23.3 Å². The molecule has 0 spiro atoms. The van der Waals surface area contributed by atoms with E-state index in [-0.39, 0.29) is 0 Å². The fourth-order valence-electron chi connectivity index (χ4n) is 4.11. The van der Waals surface area contributed by atoms with E-state index >= 15 is 0 Å². The summed E-state index contributed by atoms with van der Waals surface area (Å²) in [5.41, 5.74) is 7.42. The van der Waals surface area contributed by atoms with Gasteiger partial charge in [-0.15, -0.1) is 10.3 Å². The maximum absolute atomic E-state index is 4.51. The van der Waals surface area contributed by atoms with Crippen LogP contribution in [0.2, 0.25) is 0 Å². The van der Waals surface area contributed by atoms with Crippen LogP contribution in [0.5, 0.6) is 0 Å². The highest BCUT2D eigenvalue weighted by Crippen LogP contribution is 2.30. The van der Waals surface area contributed by atoms with Gasteiger partial charge in [0.1, 0.15) is 11.2 Å². The lowest BCUT2D eigenvalue weighted by molar-refractivity contribution is -0.470. The molecule has 6 aromatic rings. The molecule has 3 heterocycles. The number of hydrogen-bond donors (Lipinski definition) is 1. The van der Waals surface area contributed by atoms with E-state index in [1.807, 2.05) is 18.2 Å². The summed E-state index contributed by atoms with van der Waals surface area (Å²) in [4.78, 5) is 0. The standard InChI is InChI=1S/C25H16N4/c1-3-9-17(10-4-1)19-15-22(18-11-5-2-6-12-18)29-23(16-19)20-13-7-8-14-21(20)24-25(29)27-28-26-24/h1-16H/p+1. The molecule has 1 N–H and O–H groups in total. The summed E-state index contributed by atoms with van der Waals surface area (Å²) in [7, 11) is 0. The summed E-state index contributed by atoms with van der Waals surface area (Å²) in [5, 5.41) is 14.0. The van der Waals surface area contributed by atoms with Crippen LogP contribution >= 0.6 is 0 Å². The number of fused-ring (bicyclic) bond motifs is 6. The minimum atomic E-state index is 0.831. The van der Waals surface area contributed by atoms with Gasteiger partial charge in [-0.1, -0.05) is 84.9 Å².